The maximum Gasteiger partial charge on any atom is 0.264 e. The lowest BCUT2D eigenvalue weighted by Crippen LogP contribution is -2.49. The lowest BCUT2D eigenvalue weighted by molar-refractivity contribution is 0.0649. The van der Waals surface area contributed by atoms with Crippen molar-refractivity contribution in [2.24, 2.45) is 0 Å². The zero-order chi connectivity index (χ0) is 19.6. The molecule has 0 saturated carbocycles. The van der Waals surface area contributed by atoms with Crippen LogP contribution in [0.25, 0.3) is 10.4 Å². The van der Waals surface area contributed by atoms with Gasteiger partial charge in [0.05, 0.1) is 10.6 Å². The number of benzene rings is 1. The molecule has 0 atom stereocenters. The molecule has 0 radical (unpaired) electrons. The first-order valence-corrected chi connectivity index (χ1v) is 12.1. The summed E-state index contributed by atoms with van der Waals surface area (Å²) in [5.41, 5.74) is 0.891. The molecular weight excluding hydrogens is 427 g/mol. The third-order valence-corrected chi connectivity index (χ3v) is 6.88. The fourth-order valence-electron chi connectivity index (χ4n) is 2.93. The van der Waals surface area contributed by atoms with Gasteiger partial charge in [-0.3, -0.25) is 9.69 Å². The number of halogens is 2. The van der Waals surface area contributed by atoms with Gasteiger partial charge in [0.2, 0.25) is 0 Å². The second kappa shape index (κ2) is 8.49. The summed E-state index contributed by atoms with van der Waals surface area (Å²) in [6.45, 7) is 3.07. The highest BCUT2D eigenvalue weighted by Crippen LogP contribution is 2.32. The molecule has 27 heavy (non-hydrogen) atoms. The molecule has 2 aromatic rings. The van der Waals surface area contributed by atoms with Crippen LogP contribution in [0.3, 0.4) is 0 Å². The molecule has 9 heteroatoms. The van der Waals surface area contributed by atoms with E-state index in [-0.39, 0.29) is 11.7 Å². The van der Waals surface area contributed by atoms with Gasteiger partial charge in [0, 0.05) is 53.9 Å². The summed E-state index contributed by atoms with van der Waals surface area (Å²) in [4.78, 5) is 18.3. The van der Waals surface area contributed by atoms with Crippen LogP contribution in [-0.4, -0.2) is 68.9 Å². The Balaban J connectivity index is 1.62. The van der Waals surface area contributed by atoms with Crippen molar-refractivity contribution in [1.29, 1.82) is 0 Å². The molecule has 1 amide bonds. The molecule has 0 unspecified atom stereocenters. The Kier molecular flexibility index (Phi) is 6.48. The minimum atomic E-state index is -2.97. The van der Waals surface area contributed by atoms with E-state index in [9.17, 15) is 13.2 Å². The summed E-state index contributed by atoms with van der Waals surface area (Å²) in [6, 6.07) is 9.06. The summed E-state index contributed by atoms with van der Waals surface area (Å²) < 4.78 is 22.6. The van der Waals surface area contributed by atoms with Gasteiger partial charge < -0.3 is 4.90 Å². The number of thiophene rings is 1. The molecular formula is C18H20Cl2N2O3S2. The smallest absolute Gasteiger partial charge is 0.264 e. The molecule has 0 N–H and O–H groups in total. The van der Waals surface area contributed by atoms with Crippen molar-refractivity contribution in [3.05, 3.63) is 45.3 Å². The monoisotopic (exact) mass is 446 g/mol. The molecule has 1 fully saturated rings. The fourth-order valence-corrected chi connectivity index (χ4v) is 5.01. The third-order valence-electron chi connectivity index (χ3n) is 4.40. The Morgan fingerprint density at radius 3 is 2.30 bits per heavy atom. The number of nitrogens with zero attached hydrogens (tertiary/aromatic N) is 2. The molecule has 0 bridgehead atoms. The van der Waals surface area contributed by atoms with E-state index in [4.69, 9.17) is 23.2 Å². The van der Waals surface area contributed by atoms with Crippen LogP contribution in [0.2, 0.25) is 10.0 Å². The molecule has 2 heterocycles. The van der Waals surface area contributed by atoms with Gasteiger partial charge in [-0.1, -0.05) is 23.2 Å². The molecule has 5 nitrogen and oxygen atoms in total. The van der Waals surface area contributed by atoms with E-state index in [1.54, 1.807) is 6.07 Å². The standard InChI is InChI=1S/C18H20Cl2N2O3S2/c1-27(24,25)9-8-21-4-6-22(7-5-21)18(23)17-3-2-16(26-17)13-10-14(19)12-15(20)11-13/h2-3,10-12H,4-9H2,1H3. The average molecular weight is 447 g/mol. The highest BCUT2D eigenvalue weighted by molar-refractivity contribution is 7.90. The van der Waals surface area contributed by atoms with Crippen molar-refractivity contribution >= 4 is 50.3 Å². The van der Waals surface area contributed by atoms with Gasteiger partial charge >= 0.3 is 0 Å². The zero-order valence-corrected chi connectivity index (χ0v) is 18.0. The van der Waals surface area contributed by atoms with Gasteiger partial charge in [0.1, 0.15) is 9.84 Å². The summed E-state index contributed by atoms with van der Waals surface area (Å²) in [5.74, 6) is 0.152. The van der Waals surface area contributed by atoms with Crippen LogP contribution in [0.5, 0.6) is 0 Å². The van der Waals surface area contributed by atoms with Crippen LogP contribution in [0.4, 0.5) is 0 Å². The van der Waals surface area contributed by atoms with Crippen molar-refractivity contribution in [2.45, 2.75) is 0 Å². The van der Waals surface area contributed by atoms with Crippen molar-refractivity contribution in [1.82, 2.24) is 9.80 Å². The van der Waals surface area contributed by atoms with E-state index in [0.717, 1.165) is 10.4 Å². The Morgan fingerprint density at radius 1 is 1.07 bits per heavy atom. The van der Waals surface area contributed by atoms with Crippen LogP contribution in [-0.2, 0) is 9.84 Å². The van der Waals surface area contributed by atoms with Crippen LogP contribution in [0, 0.1) is 0 Å². The normalized spacial score (nSPS) is 15.9. The first-order valence-electron chi connectivity index (χ1n) is 8.47. The number of rotatable bonds is 5. The molecule has 1 saturated heterocycles. The number of sulfone groups is 1. The lowest BCUT2D eigenvalue weighted by Gasteiger charge is -2.34. The summed E-state index contributed by atoms with van der Waals surface area (Å²) >= 11 is 13.5. The van der Waals surface area contributed by atoms with E-state index >= 15 is 0 Å². The number of carbonyl (C=O) groups excluding carboxylic acids is 1. The number of amides is 1. The first-order chi connectivity index (χ1) is 12.7. The molecule has 1 aromatic heterocycles. The van der Waals surface area contributed by atoms with Gasteiger partial charge in [0.25, 0.3) is 5.91 Å². The minimum absolute atomic E-state index is 0.00198. The van der Waals surface area contributed by atoms with Crippen LogP contribution in [0.15, 0.2) is 30.3 Å². The van der Waals surface area contributed by atoms with Crippen LogP contribution < -0.4 is 0 Å². The summed E-state index contributed by atoms with van der Waals surface area (Å²) in [7, 11) is -2.97. The Morgan fingerprint density at radius 2 is 1.70 bits per heavy atom. The maximum absolute atomic E-state index is 12.8. The van der Waals surface area contributed by atoms with Gasteiger partial charge in [-0.25, -0.2) is 8.42 Å². The van der Waals surface area contributed by atoms with E-state index in [1.165, 1.54) is 17.6 Å². The predicted octanol–water partition coefficient (Wildman–Crippen LogP) is 3.52. The predicted molar refractivity (Wildman–Crippen MR) is 112 cm³/mol. The Labute approximate surface area is 173 Å². The van der Waals surface area contributed by atoms with Gasteiger partial charge in [-0.15, -0.1) is 11.3 Å². The van der Waals surface area contributed by atoms with Crippen molar-refractivity contribution in [3.63, 3.8) is 0 Å². The quantitative estimate of drug-likeness (QED) is 0.704. The van der Waals surface area contributed by atoms with E-state index in [0.29, 0.717) is 47.6 Å². The van der Waals surface area contributed by atoms with Crippen molar-refractivity contribution in [2.75, 3.05) is 44.7 Å². The van der Waals surface area contributed by atoms with Gasteiger partial charge in [0.15, 0.2) is 0 Å². The fraction of sp³-hybridized carbons (Fsp3) is 0.389. The van der Waals surface area contributed by atoms with Crippen molar-refractivity contribution < 1.29 is 13.2 Å². The summed E-state index contributed by atoms with van der Waals surface area (Å²) in [6.07, 6.45) is 1.24. The molecule has 3 rings (SSSR count). The van der Waals surface area contributed by atoms with Gasteiger partial charge in [-0.2, -0.15) is 0 Å². The molecule has 1 aliphatic rings. The topological polar surface area (TPSA) is 57.7 Å². The first kappa shape index (κ1) is 20.6. The highest BCUT2D eigenvalue weighted by atomic mass is 35.5. The van der Waals surface area contributed by atoms with Crippen molar-refractivity contribution in [3.8, 4) is 10.4 Å². The van der Waals surface area contributed by atoms with Crippen LogP contribution in [0.1, 0.15) is 9.67 Å². The zero-order valence-electron chi connectivity index (χ0n) is 14.8. The SMILES string of the molecule is CS(=O)(=O)CCN1CCN(C(=O)c2ccc(-c3cc(Cl)cc(Cl)c3)s2)CC1. The second-order valence-electron chi connectivity index (χ2n) is 6.59. The maximum atomic E-state index is 12.8. The Bertz CT molecular complexity index is 916. The summed E-state index contributed by atoms with van der Waals surface area (Å²) in [5, 5.41) is 1.12. The molecule has 146 valence electrons. The third kappa shape index (κ3) is 5.68. The van der Waals surface area contributed by atoms with E-state index in [2.05, 4.69) is 4.90 Å². The molecule has 0 spiro atoms. The van der Waals surface area contributed by atoms with E-state index < -0.39 is 9.84 Å². The second-order valence-corrected chi connectivity index (χ2v) is 10.8. The highest BCUT2D eigenvalue weighted by Gasteiger charge is 2.23. The largest absolute Gasteiger partial charge is 0.335 e. The molecule has 0 aliphatic carbocycles. The molecule has 1 aromatic carbocycles. The van der Waals surface area contributed by atoms with Gasteiger partial charge in [-0.05, 0) is 35.9 Å². The van der Waals surface area contributed by atoms with E-state index in [1.807, 2.05) is 29.2 Å². The van der Waals surface area contributed by atoms with Crippen LogP contribution >= 0.6 is 34.5 Å². The lowest BCUT2D eigenvalue weighted by atomic mass is 10.2. The number of carbonyl (C=O) groups is 1. The molecule has 1 aliphatic heterocycles. The number of hydrogen-bond acceptors (Lipinski definition) is 5. The number of piperazine rings is 1. The minimum Gasteiger partial charge on any atom is -0.335 e. The Hall–Kier alpha value is -1.12. The number of hydrogen-bond donors (Lipinski definition) is 0. The average Bonchev–Trinajstić information content (AvgIpc) is 3.08.